The largest absolute Gasteiger partial charge is 0.348 e. The van der Waals surface area contributed by atoms with E-state index < -0.39 is 23.6 Å². The highest BCUT2D eigenvalue weighted by atomic mass is 79.9. The van der Waals surface area contributed by atoms with Crippen molar-refractivity contribution >= 4 is 33.4 Å². The summed E-state index contributed by atoms with van der Waals surface area (Å²) in [5.41, 5.74) is -0.179. The molecule has 1 atom stereocenters. The summed E-state index contributed by atoms with van der Waals surface area (Å²) in [6, 6.07) is 1.52. The van der Waals surface area contributed by atoms with Crippen LogP contribution in [-0.4, -0.2) is 11.8 Å². The zero-order valence-electron chi connectivity index (χ0n) is 8.36. The maximum Gasteiger partial charge on any atom is 0.235 e. The maximum atomic E-state index is 13.5. The molecule has 88 valence electrons. The fraction of sp³-hybridized carbons (Fsp3) is 0.300. The van der Waals surface area contributed by atoms with Crippen molar-refractivity contribution in [3.8, 4) is 0 Å². The Balaban J connectivity index is 2.99. The van der Waals surface area contributed by atoms with Gasteiger partial charge in [-0.1, -0.05) is 15.9 Å². The Morgan fingerprint density at radius 2 is 2.00 bits per heavy atom. The third kappa shape index (κ3) is 3.15. The van der Waals surface area contributed by atoms with Crippen LogP contribution in [0.25, 0.3) is 0 Å². The highest BCUT2D eigenvalue weighted by Crippen LogP contribution is 2.24. The summed E-state index contributed by atoms with van der Waals surface area (Å²) in [4.78, 5) is 11.0. The van der Waals surface area contributed by atoms with E-state index in [0.717, 1.165) is 12.1 Å². The lowest BCUT2D eigenvalue weighted by Crippen LogP contribution is -2.28. The second kappa shape index (κ2) is 5.59. The molecule has 6 heteroatoms. The second-order valence-corrected chi connectivity index (χ2v) is 4.39. The minimum Gasteiger partial charge on any atom is -0.348 e. The van der Waals surface area contributed by atoms with Crippen LogP contribution in [0.1, 0.15) is 18.5 Å². The van der Waals surface area contributed by atoms with Gasteiger partial charge in [-0.05, 0) is 19.1 Å². The van der Waals surface area contributed by atoms with Crippen LogP contribution in [0.2, 0.25) is 0 Å². The van der Waals surface area contributed by atoms with Crippen LogP contribution in [0.3, 0.4) is 0 Å². The first-order valence-corrected chi connectivity index (χ1v) is 5.78. The summed E-state index contributed by atoms with van der Waals surface area (Å²) in [5.74, 6) is -2.15. The van der Waals surface area contributed by atoms with Crippen molar-refractivity contribution in [3.63, 3.8) is 0 Å². The lowest BCUT2D eigenvalue weighted by molar-refractivity contribution is -0.119. The fourth-order valence-electron chi connectivity index (χ4n) is 1.32. The van der Waals surface area contributed by atoms with Gasteiger partial charge in [-0.2, -0.15) is 0 Å². The number of benzene rings is 1. The van der Waals surface area contributed by atoms with Gasteiger partial charge in [-0.3, -0.25) is 4.79 Å². The Morgan fingerprint density at radius 3 is 2.44 bits per heavy atom. The van der Waals surface area contributed by atoms with Gasteiger partial charge in [-0.25, -0.2) is 8.78 Å². The first kappa shape index (κ1) is 13.4. The summed E-state index contributed by atoms with van der Waals surface area (Å²) < 4.78 is 27.2. The zero-order valence-corrected chi connectivity index (χ0v) is 10.7. The lowest BCUT2D eigenvalue weighted by Gasteiger charge is -2.15. The Labute approximate surface area is 105 Å². The second-order valence-electron chi connectivity index (χ2n) is 3.21. The smallest absolute Gasteiger partial charge is 0.235 e. The molecule has 2 nitrogen and oxygen atoms in total. The number of hydrogen-bond donors (Lipinski definition) is 1. The van der Waals surface area contributed by atoms with Gasteiger partial charge in [0.05, 0.1) is 6.04 Å². The number of alkyl halides is 1. The summed E-state index contributed by atoms with van der Waals surface area (Å²) in [5, 5.41) is 2.38. The van der Waals surface area contributed by atoms with Crippen molar-refractivity contribution in [1.82, 2.24) is 5.32 Å². The van der Waals surface area contributed by atoms with Crippen molar-refractivity contribution in [2.24, 2.45) is 0 Å². The van der Waals surface area contributed by atoms with Crippen molar-refractivity contribution in [3.05, 3.63) is 33.8 Å². The van der Waals surface area contributed by atoms with Crippen LogP contribution < -0.4 is 5.32 Å². The van der Waals surface area contributed by atoms with E-state index in [1.165, 1.54) is 6.92 Å². The highest BCUT2D eigenvalue weighted by Gasteiger charge is 2.18. The first-order valence-electron chi connectivity index (χ1n) is 4.45. The van der Waals surface area contributed by atoms with Crippen molar-refractivity contribution in [2.45, 2.75) is 13.0 Å². The normalized spacial score (nSPS) is 12.3. The van der Waals surface area contributed by atoms with Crippen LogP contribution in [0.15, 0.2) is 16.6 Å². The van der Waals surface area contributed by atoms with E-state index in [0.29, 0.717) is 4.47 Å². The molecule has 0 heterocycles. The maximum absolute atomic E-state index is 13.5. The minimum absolute atomic E-state index is 0.179. The lowest BCUT2D eigenvalue weighted by atomic mass is 10.1. The third-order valence-corrected chi connectivity index (χ3v) is 2.68. The molecule has 1 aromatic carbocycles. The van der Waals surface area contributed by atoms with Crippen LogP contribution in [0.5, 0.6) is 0 Å². The standard InChI is InChI=1S/C10H9BrClF2NO/c1-5(15-9(16)4-12)10-7(13)2-6(11)3-8(10)14/h2-3,5H,4H2,1H3,(H,15,16)/t5-/m0/s1. The molecule has 0 saturated heterocycles. The Kier molecular flexibility index (Phi) is 4.68. The molecule has 1 amide bonds. The topological polar surface area (TPSA) is 29.1 Å². The summed E-state index contributed by atoms with van der Waals surface area (Å²) >= 11 is 8.25. The van der Waals surface area contributed by atoms with E-state index in [4.69, 9.17) is 11.6 Å². The van der Waals surface area contributed by atoms with Gasteiger partial charge >= 0.3 is 0 Å². The number of amides is 1. The Hall–Kier alpha value is -0.680. The molecule has 0 spiro atoms. The SMILES string of the molecule is C[C@H](NC(=O)CCl)c1c(F)cc(Br)cc1F. The molecule has 0 saturated carbocycles. The molecule has 0 aliphatic carbocycles. The van der Waals surface area contributed by atoms with Gasteiger partial charge in [0.2, 0.25) is 5.91 Å². The number of rotatable bonds is 3. The molecule has 0 fully saturated rings. The van der Waals surface area contributed by atoms with E-state index in [1.54, 1.807) is 0 Å². The molecule has 1 N–H and O–H groups in total. The number of carbonyl (C=O) groups excluding carboxylic acids is 1. The van der Waals surface area contributed by atoms with Gasteiger partial charge < -0.3 is 5.32 Å². The monoisotopic (exact) mass is 311 g/mol. The molecule has 0 unspecified atom stereocenters. The van der Waals surface area contributed by atoms with Crippen LogP contribution in [0, 0.1) is 11.6 Å². The van der Waals surface area contributed by atoms with Crippen molar-refractivity contribution < 1.29 is 13.6 Å². The molecular formula is C10H9BrClF2NO. The van der Waals surface area contributed by atoms with E-state index in [2.05, 4.69) is 21.2 Å². The summed E-state index contributed by atoms with van der Waals surface area (Å²) in [6.45, 7) is 1.49. The fourth-order valence-corrected chi connectivity index (χ4v) is 1.80. The molecule has 0 aliphatic rings. The van der Waals surface area contributed by atoms with E-state index in [1.807, 2.05) is 0 Å². The number of nitrogens with one attached hydrogen (secondary N) is 1. The van der Waals surface area contributed by atoms with Gasteiger partial charge in [0.25, 0.3) is 0 Å². The molecule has 0 aromatic heterocycles. The van der Waals surface area contributed by atoms with Crippen LogP contribution in [0.4, 0.5) is 8.78 Å². The molecule has 1 rings (SSSR count). The Bertz CT molecular complexity index is 391. The third-order valence-electron chi connectivity index (χ3n) is 1.98. The predicted molar refractivity (Wildman–Crippen MR) is 61.3 cm³/mol. The summed E-state index contributed by atoms with van der Waals surface area (Å²) in [7, 11) is 0. The van der Waals surface area contributed by atoms with Crippen LogP contribution >= 0.6 is 27.5 Å². The van der Waals surface area contributed by atoms with Gasteiger partial charge in [-0.15, -0.1) is 11.6 Å². The quantitative estimate of drug-likeness (QED) is 0.854. The predicted octanol–water partition coefficient (Wildman–Crippen LogP) is 3.14. The Morgan fingerprint density at radius 1 is 1.50 bits per heavy atom. The molecule has 1 aromatic rings. The first-order chi connectivity index (χ1) is 7.45. The molecule has 0 bridgehead atoms. The molecule has 0 aliphatic heterocycles. The number of hydrogen-bond acceptors (Lipinski definition) is 1. The van der Waals surface area contributed by atoms with Gasteiger partial charge in [0.15, 0.2) is 0 Å². The highest BCUT2D eigenvalue weighted by molar-refractivity contribution is 9.10. The van der Waals surface area contributed by atoms with Crippen molar-refractivity contribution in [2.75, 3.05) is 5.88 Å². The van der Waals surface area contributed by atoms with Gasteiger partial charge in [0.1, 0.15) is 17.5 Å². The average Bonchev–Trinajstić information content (AvgIpc) is 2.15. The number of halogens is 4. The molecular weight excluding hydrogens is 303 g/mol. The average molecular weight is 313 g/mol. The van der Waals surface area contributed by atoms with E-state index in [9.17, 15) is 13.6 Å². The summed E-state index contributed by atoms with van der Waals surface area (Å²) in [6.07, 6.45) is 0. The van der Waals surface area contributed by atoms with Gasteiger partial charge in [0, 0.05) is 10.0 Å². The zero-order chi connectivity index (χ0) is 12.3. The molecule has 16 heavy (non-hydrogen) atoms. The van der Waals surface area contributed by atoms with Crippen LogP contribution in [-0.2, 0) is 4.79 Å². The molecule has 0 radical (unpaired) electrons. The number of carbonyl (C=O) groups is 1. The van der Waals surface area contributed by atoms with E-state index in [-0.39, 0.29) is 11.4 Å². The minimum atomic E-state index is -0.764. The van der Waals surface area contributed by atoms with E-state index >= 15 is 0 Å². The van der Waals surface area contributed by atoms with Crippen molar-refractivity contribution in [1.29, 1.82) is 0 Å².